The number of likely N-dealkylation sites (tertiary alicyclic amines) is 1. The Morgan fingerprint density at radius 2 is 1.45 bits per heavy atom. The smallest absolute Gasteiger partial charge is 0.259 e. The van der Waals surface area contributed by atoms with Gasteiger partial charge in [-0.05, 0) is 67.4 Å². The highest BCUT2D eigenvalue weighted by molar-refractivity contribution is 6.07. The van der Waals surface area contributed by atoms with Crippen LogP contribution in [0.5, 0.6) is 11.5 Å². The van der Waals surface area contributed by atoms with Gasteiger partial charge in [-0.1, -0.05) is 79.2 Å². The van der Waals surface area contributed by atoms with Gasteiger partial charge in [0.05, 0.1) is 5.56 Å². The summed E-state index contributed by atoms with van der Waals surface area (Å²) >= 11 is 0. The third-order valence-electron chi connectivity index (χ3n) is 6.81. The summed E-state index contributed by atoms with van der Waals surface area (Å²) in [6, 6.07) is 33.2. The minimum atomic E-state index is -0.218. The summed E-state index contributed by atoms with van der Waals surface area (Å²) in [5.74, 6) is 1.15. The predicted octanol–water partition coefficient (Wildman–Crippen LogP) is 7.05. The van der Waals surface area contributed by atoms with Gasteiger partial charge in [-0.15, -0.1) is 0 Å². The number of anilines is 1. The number of rotatable bonds is 10. The van der Waals surface area contributed by atoms with E-state index in [-0.39, 0.29) is 5.91 Å². The Morgan fingerprint density at radius 1 is 0.737 bits per heavy atom. The van der Waals surface area contributed by atoms with E-state index in [0.717, 1.165) is 42.1 Å². The van der Waals surface area contributed by atoms with Crippen molar-refractivity contribution in [2.24, 2.45) is 0 Å². The molecule has 1 N–H and O–H groups in total. The molecular weight excluding hydrogens is 472 g/mol. The largest absolute Gasteiger partial charge is 0.492 e. The fourth-order valence-electron chi connectivity index (χ4n) is 4.75. The lowest BCUT2D eigenvalue weighted by molar-refractivity contribution is 0.102. The maximum Gasteiger partial charge on any atom is 0.259 e. The van der Waals surface area contributed by atoms with Crippen LogP contribution in [0.4, 0.5) is 5.69 Å². The average molecular weight is 507 g/mol. The van der Waals surface area contributed by atoms with Gasteiger partial charge in [0.1, 0.15) is 24.7 Å². The number of benzene rings is 4. The maximum atomic E-state index is 13.4. The van der Waals surface area contributed by atoms with Gasteiger partial charge in [-0.2, -0.15) is 0 Å². The minimum Gasteiger partial charge on any atom is -0.492 e. The third-order valence-corrected chi connectivity index (χ3v) is 6.81. The number of hydrogen-bond donors (Lipinski definition) is 1. The van der Waals surface area contributed by atoms with Gasteiger partial charge in [0.25, 0.3) is 5.91 Å². The van der Waals surface area contributed by atoms with Crippen LogP contribution in [0.1, 0.15) is 35.2 Å². The van der Waals surface area contributed by atoms with Crippen molar-refractivity contribution in [3.63, 3.8) is 0 Å². The van der Waals surface area contributed by atoms with Crippen LogP contribution >= 0.6 is 0 Å². The second kappa shape index (κ2) is 12.9. The van der Waals surface area contributed by atoms with E-state index in [1.54, 1.807) is 6.07 Å². The highest BCUT2D eigenvalue weighted by Gasteiger charge is 2.18. The number of nitrogens with one attached hydrogen (secondary N) is 1. The van der Waals surface area contributed by atoms with Crippen LogP contribution in [-0.4, -0.2) is 37.0 Å². The number of para-hydroxylation sites is 1. The van der Waals surface area contributed by atoms with E-state index in [2.05, 4.69) is 10.2 Å². The average Bonchev–Trinajstić information content (AvgIpc) is 2.98. The molecule has 1 fully saturated rings. The Labute approximate surface area is 225 Å². The quantitative estimate of drug-likeness (QED) is 0.250. The zero-order valence-electron chi connectivity index (χ0n) is 21.6. The molecule has 5 nitrogen and oxygen atoms in total. The van der Waals surface area contributed by atoms with Gasteiger partial charge in [0.2, 0.25) is 0 Å². The van der Waals surface area contributed by atoms with E-state index in [9.17, 15) is 4.79 Å². The number of carbonyl (C=O) groups is 1. The van der Waals surface area contributed by atoms with Crippen molar-refractivity contribution >= 4 is 11.6 Å². The highest BCUT2D eigenvalue weighted by Crippen LogP contribution is 2.34. The van der Waals surface area contributed by atoms with E-state index in [4.69, 9.17) is 9.47 Å². The van der Waals surface area contributed by atoms with E-state index in [1.807, 2.05) is 97.1 Å². The number of amides is 1. The summed E-state index contributed by atoms with van der Waals surface area (Å²) in [6.45, 7) is 4.31. The van der Waals surface area contributed by atoms with Crippen molar-refractivity contribution in [2.75, 3.05) is 31.6 Å². The SMILES string of the molecule is O=C(Nc1ccc(OCCN2CCCCC2)cc1)c1cccc(-c2ccccc2)c1OCc1ccccc1. The Kier molecular flexibility index (Phi) is 8.69. The lowest BCUT2D eigenvalue weighted by Crippen LogP contribution is -2.33. The minimum absolute atomic E-state index is 0.218. The standard InChI is InChI=1S/C33H34N2O3/c36-33(34-28-17-19-29(20-18-28)37-24-23-35-21-8-3-9-22-35)31-16-10-15-30(27-13-6-2-7-14-27)32(31)38-25-26-11-4-1-5-12-26/h1-2,4-7,10-20H,3,8-9,21-25H2,(H,34,36). The van der Waals surface area contributed by atoms with Crippen LogP contribution in [0.15, 0.2) is 103 Å². The van der Waals surface area contributed by atoms with Crippen LogP contribution in [-0.2, 0) is 6.61 Å². The molecule has 0 unspecified atom stereocenters. The van der Waals surface area contributed by atoms with Crippen LogP contribution in [0, 0.1) is 0 Å². The molecule has 1 heterocycles. The van der Waals surface area contributed by atoms with Gasteiger partial charge in [0.15, 0.2) is 0 Å². The Bertz CT molecular complexity index is 1300. The fraction of sp³-hybridized carbons (Fsp3) is 0.242. The molecule has 0 aromatic heterocycles. The van der Waals surface area contributed by atoms with Crippen molar-refractivity contribution in [3.05, 3.63) is 114 Å². The third kappa shape index (κ3) is 6.81. The molecule has 194 valence electrons. The molecule has 0 aliphatic carbocycles. The van der Waals surface area contributed by atoms with E-state index < -0.39 is 0 Å². The molecule has 0 spiro atoms. The zero-order valence-corrected chi connectivity index (χ0v) is 21.6. The molecule has 4 aromatic carbocycles. The Hall–Kier alpha value is -4.09. The van der Waals surface area contributed by atoms with Crippen LogP contribution in [0.3, 0.4) is 0 Å². The Morgan fingerprint density at radius 3 is 2.18 bits per heavy atom. The fourth-order valence-corrected chi connectivity index (χ4v) is 4.75. The molecule has 0 radical (unpaired) electrons. The zero-order chi connectivity index (χ0) is 26.0. The number of ether oxygens (including phenoxy) is 2. The molecule has 1 aliphatic rings. The first kappa shape index (κ1) is 25.6. The summed E-state index contributed by atoms with van der Waals surface area (Å²) < 4.78 is 12.2. The topological polar surface area (TPSA) is 50.8 Å². The lowest BCUT2D eigenvalue weighted by atomic mass is 10.0. The first-order valence-corrected chi connectivity index (χ1v) is 13.4. The van der Waals surface area contributed by atoms with Crippen LogP contribution in [0.25, 0.3) is 11.1 Å². The van der Waals surface area contributed by atoms with Crippen molar-refractivity contribution in [3.8, 4) is 22.6 Å². The number of hydrogen-bond acceptors (Lipinski definition) is 4. The summed E-state index contributed by atoms with van der Waals surface area (Å²) in [4.78, 5) is 15.9. The molecule has 1 aliphatic heterocycles. The summed E-state index contributed by atoms with van der Waals surface area (Å²) in [7, 11) is 0. The van der Waals surface area contributed by atoms with Crippen molar-refractivity contribution in [1.82, 2.24) is 4.90 Å². The monoisotopic (exact) mass is 506 g/mol. The second-order valence-electron chi connectivity index (χ2n) is 9.55. The van der Waals surface area contributed by atoms with E-state index in [0.29, 0.717) is 30.2 Å². The molecule has 5 heteroatoms. The summed E-state index contributed by atoms with van der Waals surface area (Å²) in [5, 5.41) is 3.03. The highest BCUT2D eigenvalue weighted by atomic mass is 16.5. The van der Waals surface area contributed by atoms with Gasteiger partial charge in [0, 0.05) is 17.8 Å². The summed E-state index contributed by atoms with van der Waals surface area (Å²) in [6.07, 6.45) is 3.89. The normalized spacial score (nSPS) is 13.6. The van der Waals surface area contributed by atoms with E-state index >= 15 is 0 Å². The molecule has 4 aromatic rings. The van der Waals surface area contributed by atoms with Crippen LogP contribution < -0.4 is 14.8 Å². The van der Waals surface area contributed by atoms with Crippen molar-refractivity contribution in [2.45, 2.75) is 25.9 Å². The maximum absolute atomic E-state index is 13.4. The predicted molar refractivity (Wildman–Crippen MR) is 153 cm³/mol. The van der Waals surface area contributed by atoms with E-state index in [1.165, 1.54) is 19.3 Å². The van der Waals surface area contributed by atoms with Crippen LogP contribution in [0.2, 0.25) is 0 Å². The van der Waals surface area contributed by atoms with Gasteiger partial charge < -0.3 is 14.8 Å². The van der Waals surface area contributed by atoms with Gasteiger partial charge >= 0.3 is 0 Å². The number of carbonyl (C=O) groups excluding carboxylic acids is 1. The van der Waals surface area contributed by atoms with Gasteiger partial charge in [-0.3, -0.25) is 9.69 Å². The summed E-state index contributed by atoms with van der Waals surface area (Å²) in [5.41, 5.74) is 4.11. The number of piperidine rings is 1. The molecule has 1 amide bonds. The molecule has 0 bridgehead atoms. The number of nitrogens with zero attached hydrogens (tertiary/aromatic N) is 1. The molecule has 1 saturated heterocycles. The first-order valence-electron chi connectivity index (χ1n) is 13.4. The van der Waals surface area contributed by atoms with Gasteiger partial charge in [-0.25, -0.2) is 0 Å². The molecule has 5 rings (SSSR count). The molecule has 0 atom stereocenters. The Balaban J connectivity index is 1.28. The van der Waals surface area contributed by atoms with Crippen molar-refractivity contribution in [1.29, 1.82) is 0 Å². The first-order chi connectivity index (χ1) is 18.8. The molecule has 38 heavy (non-hydrogen) atoms. The molecule has 0 saturated carbocycles. The molecular formula is C33H34N2O3. The second-order valence-corrected chi connectivity index (χ2v) is 9.55. The lowest BCUT2D eigenvalue weighted by Gasteiger charge is -2.26. The van der Waals surface area contributed by atoms with Crippen molar-refractivity contribution < 1.29 is 14.3 Å².